The molecular weight excluding hydrogens is 314 g/mol. The number of carbonyl (C=O) groups excluding carboxylic acids is 2. The Kier molecular flexibility index (Phi) is 6.90. The monoisotopic (exact) mass is 337 g/mol. The van der Waals surface area contributed by atoms with Crippen molar-refractivity contribution >= 4 is 23.5 Å². The Labute approximate surface area is 142 Å². The van der Waals surface area contributed by atoms with Gasteiger partial charge in [0.2, 0.25) is 5.91 Å². The third-order valence-electron chi connectivity index (χ3n) is 4.19. The summed E-state index contributed by atoms with van der Waals surface area (Å²) in [5, 5.41) is 0.750. The van der Waals surface area contributed by atoms with Gasteiger partial charge in [-0.15, -0.1) is 0 Å². The zero-order valence-corrected chi connectivity index (χ0v) is 14.3. The van der Waals surface area contributed by atoms with Gasteiger partial charge in [-0.1, -0.05) is 29.8 Å². The van der Waals surface area contributed by atoms with Crippen LogP contribution in [0.3, 0.4) is 0 Å². The zero-order valence-electron chi connectivity index (χ0n) is 13.6. The number of hydrogen-bond donors (Lipinski definition) is 0. The van der Waals surface area contributed by atoms with Crippen LogP contribution in [0.15, 0.2) is 24.3 Å². The van der Waals surface area contributed by atoms with Crippen LogP contribution in [0.25, 0.3) is 0 Å². The van der Waals surface area contributed by atoms with Crippen LogP contribution in [0.1, 0.15) is 38.2 Å². The summed E-state index contributed by atoms with van der Waals surface area (Å²) in [6, 6.07) is 7.72. The van der Waals surface area contributed by atoms with E-state index >= 15 is 0 Å². The summed E-state index contributed by atoms with van der Waals surface area (Å²) in [6.45, 7) is 3.42. The summed E-state index contributed by atoms with van der Waals surface area (Å²) in [7, 11) is 0. The molecule has 0 bridgehead atoms. The number of nitrogens with zero attached hydrogens (tertiary/aromatic N) is 1. The van der Waals surface area contributed by atoms with E-state index < -0.39 is 0 Å². The van der Waals surface area contributed by atoms with Crippen molar-refractivity contribution < 1.29 is 14.3 Å². The largest absolute Gasteiger partial charge is 0.466 e. The van der Waals surface area contributed by atoms with E-state index in [1.807, 2.05) is 24.3 Å². The minimum absolute atomic E-state index is 0.117. The normalized spacial score (nSPS) is 17.8. The van der Waals surface area contributed by atoms with Crippen molar-refractivity contribution in [2.45, 2.75) is 39.0 Å². The Balaban J connectivity index is 1.79. The SMILES string of the molecule is CCOC(=O)C1CCCN(C(=O)CCCc2ccccc2Cl)C1. The lowest BCUT2D eigenvalue weighted by Crippen LogP contribution is -2.42. The van der Waals surface area contributed by atoms with Gasteiger partial charge in [-0.3, -0.25) is 9.59 Å². The molecule has 0 saturated carbocycles. The topological polar surface area (TPSA) is 46.6 Å². The lowest BCUT2D eigenvalue weighted by Gasteiger charge is -2.31. The first kappa shape index (κ1) is 17.8. The van der Waals surface area contributed by atoms with Crippen LogP contribution in [-0.2, 0) is 20.7 Å². The van der Waals surface area contributed by atoms with E-state index in [9.17, 15) is 9.59 Å². The fourth-order valence-electron chi connectivity index (χ4n) is 2.95. The number of piperidine rings is 1. The molecule has 1 saturated heterocycles. The lowest BCUT2D eigenvalue weighted by atomic mass is 9.97. The molecule has 1 aliphatic heterocycles. The van der Waals surface area contributed by atoms with Crippen molar-refractivity contribution in [3.8, 4) is 0 Å². The first-order valence-corrected chi connectivity index (χ1v) is 8.67. The third-order valence-corrected chi connectivity index (χ3v) is 4.56. The number of esters is 1. The second-order valence-electron chi connectivity index (χ2n) is 5.88. The van der Waals surface area contributed by atoms with Crippen LogP contribution in [-0.4, -0.2) is 36.5 Å². The van der Waals surface area contributed by atoms with Gasteiger partial charge in [-0.25, -0.2) is 0 Å². The quantitative estimate of drug-likeness (QED) is 0.747. The molecule has 1 unspecified atom stereocenters. The number of carbonyl (C=O) groups is 2. The van der Waals surface area contributed by atoms with Gasteiger partial charge in [0, 0.05) is 24.5 Å². The molecule has 1 fully saturated rings. The fourth-order valence-corrected chi connectivity index (χ4v) is 3.18. The maximum Gasteiger partial charge on any atom is 0.310 e. The van der Waals surface area contributed by atoms with Gasteiger partial charge >= 0.3 is 5.97 Å². The van der Waals surface area contributed by atoms with Gasteiger partial charge < -0.3 is 9.64 Å². The first-order valence-electron chi connectivity index (χ1n) is 8.29. The van der Waals surface area contributed by atoms with Crippen LogP contribution in [0.4, 0.5) is 0 Å². The predicted octanol–water partition coefficient (Wildman–Crippen LogP) is 3.46. The van der Waals surface area contributed by atoms with E-state index in [1.54, 1.807) is 11.8 Å². The molecule has 1 atom stereocenters. The van der Waals surface area contributed by atoms with Crippen LogP contribution >= 0.6 is 11.6 Å². The maximum absolute atomic E-state index is 12.3. The highest BCUT2D eigenvalue weighted by atomic mass is 35.5. The summed E-state index contributed by atoms with van der Waals surface area (Å²) in [5.41, 5.74) is 1.07. The molecule has 126 valence electrons. The van der Waals surface area contributed by atoms with E-state index in [4.69, 9.17) is 16.3 Å². The number of halogens is 1. The van der Waals surface area contributed by atoms with Gasteiger partial charge in [0.05, 0.1) is 12.5 Å². The molecule has 1 aromatic rings. The molecule has 2 rings (SSSR count). The Morgan fingerprint density at radius 2 is 2.13 bits per heavy atom. The molecule has 1 heterocycles. The van der Waals surface area contributed by atoms with Crippen molar-refractivity contribution in [2.24, 2.45) is 5.92 Å². The third kappa shape index (κ3) is 5.24. The van der Waals surface area contributed by atoms with Gasteiger partial charge in [0.1, 0.15) is 0 Å². The Bertz CT molecular complexity index is 547. The smallest absolute Gasteiger partial charge is 0.310 e. The van der Waals surface area contributed by atoms with E-state index in [0.717, 1.165) is 42.8 Å². The summed E-state index contributed by atoms with van der Waals surface area (Å²) >= 11 is 6.13. The highest BCUT2D eigenvalue weighted by Gasteiger charge is 2.28. The minimum atomic E-state index is -0.180. The van der Waals surface area contributed by atoms with E-state index in [1.165, 1.54) is 0 Å². The number of rotatable bonds is 6. The highest BCUT2D eigenvalue weighted by Crippen LogP contribution is 2.20. The highest BCUT2D eigenvalue weighted by molar-refractivity contribution is 6.31. The van der Waals surface area contributed by atoms with Crippen molar-refractivity contribution in [1.82, 2.24) is 4.90 Å². The van der Waals surface area contributed by atoms with Crippen molar-refractivity contribution in [1.29, 1.82) is 0 Å². The van der Waals surface area contributed by atoms with Gasteiger partial charge in [-0.05, 0) is 44.2 Å². The van der Waals surface area contributed by atoms with Crippen LogP contribution in [0, 0.1) is 5.92 Å². The second kappa shape index (κ2) is 8.92. The molecule has 0 aromatic heterocycles. The number of amides is 1. The van der Waals surface area contributed by atoms with Gasteiger partial charge in [0.25, 0.3) is 0 Å². The molecule has 0 radical (unpaired) electrons. The molecule has 0 spiro atoms. The molecule has 1 aromatic carbocycles. The minimum Gasteiger partial charge on any atom is -0.466 e. The van der Waals surface area contributed by atoms with Crippen LogP contribution in [0.5, 0.6) is 0 Å². The average molecular weight is 338 g/mol. The molecular formula is C18H24ClNO3. The Morgan fingerprint density at radius 1 is 1.35 bits per heavy atom. The molecule has 5 heteroatoms. The van der Waals surface area contributed by atoms with Crippen molar-refractivity contribution in [3.63, 3.8) is 0 Å². The molecule has 1 amide bonds. The Morgan fingerprint density at radius 3 is 2.87 bits per heavy atom. The van der Waals surface area contributed by atoms with Gasteiger partial charge in [0.15, 0.2) is 0 Å². The number of ether oxygens (including phenoxy) is 1. The molecule has 23 heavy (non-hydrogen) atoms. The van der Waals surface area contributed by atoms with Crippen molar-refractivity contribution in [2.75, 3.05) is 19.7 Å². The van der Waals surface area contributed by atoms with Crippen LogP contribution in [0.2, 0.25) is 5.02 Å². The number of aryl methyl sites for hydroxylation is 1. The Hall–Kier alpha value is -1.55. The fraction of sp³-hybridized carbons (Fsp3) is 0.556. The zero-order chi connectivity index (χ0) is 16.7. The second-order valence-corrected chi connectivity index (χ2v) is 6.28. The molecule has 1 aliphatic rings. The predicted molar refractivity (Wildman–Crippen MR) is 90.3 cm³/mol. The van der Waals surface area contributed by atoms with Gasteiger partial charge in [-0.2, -0.15) is 0 Å². The molecule has 4 nitrogen and oxygen atoms in total. The molecule has 0 aliphatic carbocycles. The summed E-state index contributed by atoms with van der Waals surface area (Å²) < 4.78 is 5.07. The lowest BCUT2D eigenvalue weighted by molar-refractivity contribution is -0.151. The average Bonchev–Trinajstić information content (AvgIpc) is 2.57. The number of likely N-dealkylation sites (tertiary alicyclic amines) is 1. The number of benzene rings is 1. The van der Waals surface area contributed by atoms with Crippen LogP contribution < -0.4 is 0 Å². The number of hydrogen-bond acceptors (Lipinski definition) is 3. The van der Waals surface area contributed by atoms with E-state index in [-0.39, 0.29) is 17.8 Å². The first-order chi connectivity index (χ1) is 11.1. The summed E-state index contributed by atoms with van der Waals surface area (Å²) in [5.74, 6) is -0.233. The summed E-state index contributed by atoms with van der Waals surface area (Å²) in [4.78, 5) is 26.0. The summed E-state index contributed by atoms with van der Waals surface area (Å²) in [6.07, 6.45) is 3.71. The van der Waals surface area contributed by atoms with E-state index in [2.05, 4.69) is 0 Å². The maximum atomic E-state index is 12.3. The molecule has 0 N–H and O–H groups in total. The van der Waals surface area contributed by atoms with Crippen molar-refractivity contribution in [3.05, 3.63) is 34.9 Å². The van der Waals surface area contributed by atoms with E-state index in [0.29, 0.717) is 19.6 Å². The standard InChI is InChI=1S/C18H24ClNO3/c1-2-23-18(22)15-9-6-12-20(13-15)17(21)11-5-8-14-7-3-4-10-16(14)19/h3-4,7,10,15H,2,5-6,8-9,11-13H2,1H3.